The molecule has 0 aromatic heterocycles. The third kappa shape index (κ3) is 3.53. The SMILES string of the molecule is CCCNC(Cc1cc(Cl)cc2c1OCC2)C1CCOC1. The van der Waals surface area contributed by atoms with E-state index >= 15 is 0 Å². The Balaban J connectivity index is 1.78. The molecular formula is C17H24ClNO2. The molecule has 2 atom stereocenters. The van der Waals surface area contributed by atoms with Gasteiger partial charge in [-0.3, -0.25) is 0 Å². The first-order valence-corrected chi connectivity index (χ1v) is 8.41. The fourth-order valence-corrected chi connectivity index (χ4v) is 3.60. The molecule has 1 saturated heterocycles. The van der Waals surface area contributed by atoms with Crippen molar-refractivity contribution in [2.75, 3.05) is 26.4 Å². The predicted octanol–water partition coefficient (Wildman–Crippen LogP) is 3.22. The van der Waals surface area contributed by atoms with Crippen molar-refractivity contribution >= 4 is 11.6 Å². The number of hydrogen-bond acceptors (Lipinski definition) is 3. The number of hydrogen-bond donors (Lipinski definition) is 1. The molecule has 1 aromatic rings. The Bertz CT molecular complexity index is 486. The van der Waals surface area contributed by atoms with Crippen molar-refractivity contribution in [2.45, 2.75) is 38.6 Å². The number of nitrogens with one attached hydrogen (secondary N) is 1. The van der Waals surface area contributed by atoms with Crippen LogP contribution in [0.15, 0.2) is 12.1 Å². The standard InChI is InChI=1S/C17H24ClNO2/c1-2-5-19-16(13-3-6-20-11-13)10-14-9-15(18)8-12-4-7-21-17(12)14/h8-9,13,16,19H,2-7,10-11H2,1H3. The molecule has 0 bridgehead atoms. The molecule has 3 rings (SSSR count). The lowest BCUT2D eigenvalue weighted by atomic mass is 9.91. The predicted molar refractivity (Wildman–Crippen MR) is 85.4 cm³/mol. The zero-order valence-electron chi connectivity index (χ0n) is 12.7. The third-order valence-corrected chi connectivity index (χ3v) is 4.67. The van der Waals surface area contributed by atoms with Crippen LogP contribution in [-0.2, 0) is 17.6 Å². The number of rotatable bonds is 6. The molecule has 4 heteroatoms. The lowest BCUT2D eigenvalue weighted by molar-refractivity contribution is 0.176. The fraction of sp³-hybridized carbons (Fsp3) is 0.647. The van der Waals surface area contributed by atoms with Crippen LogP contribution in [0, 0.1) is 5.92 Å². The molecule has 2 heterocycles. The number of benzene rings is 1. The first-order valence-electron chi connectivity index (χ1n) is 8.03. The van der Waals surface area contributed by atoms with Gasteiger partial charge in [-0.2, -0.15) is 0 Å². The van der Waals surface area contributed by atoms with Crippen molar-refractivity contribution in [1.29, 1.82) is 0 Å². The Labute approximate surface area is 132 Å². The number of ether oxygens (including phenoxy) is 2. The quantitative estimate of drug-likeness (QED) is 0.875. The minimum Gasteiger partial charge on any atom is -0.493 e. The van der Waals surface area contributed by atoms with Gasteiger partial charge in [0.1, 0.15) is 5.75 Å². The van der Waals surface area contributed by atoms with Gasteiger partial charge in [0.15, 0.2) is 0 Å². The van der Waals surface area contributed by atoms with Crippen LogP contribution in [0.2, 0.25) is 5.02 Å². The second-order valence-corrected chi connectivity index (χ2v) is 6.48. The number of halogens is 1. The molecular weight excluding hydrogens is 286 g/mol. The van der Waals surface area contributed by atoms with Gasteiger partial charge >= 0.3 is 0 Å². The highest BCUT2D eigenvalue weighted by Gasteiger charge is 2.27. The van der Waals surface area contributed by atoms with Crippen molar-refractivity contribution in [1.82, 2.24) is 5.32 Å². The van der Waals surface area contributed by atoms with Gasteiger partial charge in [-0.05, 0) is 49.1 Å². The van der Waals surface area contributed by atoms with Crippen molar-refractivity contribution in [3.8, 4) is 5.75 Å². The maximum Gasteiger partial charge on any atom is 0.125 e. The second kappa shape index (κ2) is 6.99. The summed E-state index contributed by atoms with van der Waals surface area (Å²) < 4.78 is 11.4. The van der Waals surface area contributed by atoms with Crippen LogP contribution in [0.25, 0.3) is 0 Å². The molecule has 2 unspecified atom stereocenters. The molecule has 1 fully saturated rings. The van der Waals surface area contributed by atoms with Crippen LogP contribution >= 0.6 is 11.6 Å². The zero-order valence-corrected chi connectivity index (χ0v) is 13.4. The molecule has 0 aliphatic carbocycles. The highest BCUT2D eigenvalue weighted by atomic mass is 35.5. The molecule has 2 aliphatic rings. The first-order chi connectivity index (χ1) is 10.3. The molecule has 0 spiro atoms. The molecule has 3 nitrogen and oxygen atoms in total. The molecule has 1 N–H and O–H groups in total. The van der Waals surface area contributed by atoms with E-state index in [1.807, 2.05) is 6.07 Å². The van der Waals surface area contributed by atoms with Crippen LogP contribution in [0.1, 0.15) is 30.9 Å². The van der Waals surface area contributed by atoms with Crippen molar-refractivity contribution < 1.29 is 9.47 Å². The van der Waals surface area contributed by atoms with E-state index < -0.39 is 0 Å². The van der Waals surface area contributed by atoms with E-state index in [-0.39, 0.29) is 0 Å². The van der Waals surface area contributed by atoms with E-state index in [4.69, 9.17) is 21.1 Å². The maximum atomic E-state index is 6.28. The lowest BCUT2D eigenvalue weighted by Gasteiger charge is -2.25. The van der Waals surface area contributed by atoms with E-state index in [0.29, 0.717) is 12.0 Å². The number of fused-ring (bicyclic) bond motifs is 1. The second-order valence-electron chi connectivity index (χ2n) is 6.04. The molecule has 0 saturated carbocycles. The van der Waals surface area contributed by atoms with E-state index in [0.717, 1.165) is 62.8 Å². The topological polar surface area (TPSA) is 30.5 Å². The normalized spacial score (nSPS) is 22.1. The summed E-state index contributed by atoms with van der Waals surface area (Å²) in [6, 6.07) is 4.56. The summed E-state index contributed by atoms with van der Waals surface area (Å²) in [5.74, 6) is 1.66. The molecule has 2 aliphatic heterocycles. The minimum atomic E-state index is 0.444. The van der Waals surface area contributed by atoms with Crippen LogP contribution in [0.3, 0.4) is 0 Å². The van der Waals surface area contributed by atoms with Gasteiger partial charge in [-0.15, -0.1) is 0 Å². The summed E-state index contributed by atoms with van der Waals surface area (Å²) in [6.45, 7) is 5.78. The van der Waals surface area contributed by atoms with Crippen LogP contribution in [0.5, 0.6) is 5.75 Å². The summed E-state index contributed by atoms with van der Waals surface area (Å²) in [5.41, 5.74) is 2.50. The highest BCUT2D eigenvalue weighted by Crippen LogP contribution is 2.34. The molecule has 0 amide bonds. The Morgan fingerprint density at radius 1 is 1.38 bits per heavy atom. The minimum absolute atomic E-state index is 0.444. The monoisotopic (exact) mass is 309 g/mol. The first kappa shape index (κ1) is 15.1. The van der Waals surface area contributed by atoms with Gasteiger partial charge in [0.25, 0.3) is 0 Å². The summed E-state index contributed by atoms with van der Waals surface area (Å²) in [7, 11) is 0. The Morgan fingerprint density at radius 2 is 2.29 bits per heavy atom. The molecule has 21 heavy (non-hydrogen) atoms. The lowest BCUT2D eigenvalue weighted by Crippen LogP contribution is -2.39. The Kier molecular flexibility index (Phi) is 5.04. The summed E-state index contributed by atoms with van der Waals surface area (Å²) in [6.07, 6.45) is 4.23. The van der Waals surface area contributed by atoms with E-state index in [9.17, 15) is 0 Å². The summed E-state index contributed by atoms with van der Waals surface area (Å²) in [5, 5.41) is 4.52. The van der Waals surface area contributed by atoms with Gasteiger partial charge in [-0.25, -0.2) is 0 Å². The Morgan fingerprint density at radius 3 is 3.05 bits per heavy atom. The molecule has 0 radical (unpaired) electrons. The van der Waals surface area contributed by atoms with E-state index in [1.54, 1.807) is 0 Å². The highest BCUT2D eigenvalue weighted by molar-refractivity contribution is 6.30. The van der Waals surface area contributed by atoms with E-state index in [2.05, 4.69) is 18.3 Å². The average Bonchev–Trinajstić information content (AvgIpc) is 3.13. The maximum absolute atomic E-state index is 6.28. The van der Waals surface area contributed by atoms with Crippen molar-refractivity contribution in [3.63, 3.8) is 0 Å². The summed E-state index contributed by atoms with van der Waals surface area (Å²) >= 11 is 6.28. The Hall–Kier alpha value is -0.770. The van der Waals surface area contributed by atoms with Crippen molar-refractivity contribution in [3.05, 3.63) is 28.3 Å². The smallest absolute Gasteiger partial charge is 0.125 e. The van der Waals surface area contributed by atoms with Gasteiger partial charge in [0.2, 0.25) is 0 Å². The molecule has 1 aromatic carbocycles. The third-order valence-electron chi connectivity index (χ3n) is 4.46. The van der Waals surface area contributed by atoms with Gasteiger partial charge < -0.3 is 14.8 Å². The van der Waals surface area contributed by atoms with Gasteiger partial charge in [0, 0.05) is 30.0 Å². The van der Waals surface area contributed by atoms with Crippen LogP contribution < -0.4 is 10.1 Å². The van der Waals surface area contributed by atoms with Gasteiger partial charge in [-0.1, -0.05) is 18.5 Å². The molecule has 116 valence electrons. The van der Waals surface area contributed by atoms with Crippen LogP contribution in [0.4, 0.5) is 0 Å². The summed E-state index contributed by atoms with van der Waals surface area (Å²) in [4.78, 5) is 0. The van der Waals surface area contributed by atoms with Crippen molar-refractivity contribution in [2.24, 2.45) is 5.92 Å². The van der Waals surface area contributed by atoms with E-state index in [1.165, 1.54) is 11.1 Å². The van der Waals surface area contributed by atoms with Crippen LogP contribution in [-0.4, -0.2) is 32.4 Å². The average molecular weight is 310 g/mol. The zero-order chi connectivity index (χ0) is 14.7. The largest absolute Gasteiger partial charge is 0.493 e. The van der Waals surface area contributed by atoms with Gasteiger partial charge in [0.05, 0.1) is 13.2 Å². The fourth-order valence-electron chi connectivity index (χ4n) is 3.34.